The van der Waals surface area contributed by atoms with Gasteiger partial charge in [-0.1, -0.05) is 12.2 Å². The van der Waals surface area contributed by atoms with Crippen molar-refractivity contribution in [2.24, 2.45) is 5.11 Å². The van der Waals surface area contributed by atoms with Gasteiger partial charge in [0.2, 0.25) is 0 Å². The summed E-state index contributed by atoms with van der Waals surface area (Å²) < 4.78 is 0. The zero-order valence-corrected chi connectivity index (χ0v) is 4.79. The molecule has 0 aliphatic heterocycles. The minimum atomic E-state index is -0.0764. The first-order valence-electron chi connectivity index (χ1n) is 2.62. The van der Waals surface area contributed by atoms with Crippen molar-refractivity contribution in [3.63, 3.8) is 0 Å². The summed E-state index contributed by atoms with van der Waals surface area (Å²) in [7, 11) is 0. The van der Waals surface area contributed by atoms with Gasteiger partial charge < -0.3 is 0 Å². The highest BCUT2D eigenvalue weighted by Gasteiger charge is 2.07. The summed E-state index contributed by atoms with van der Waals surface area (Å²) in [5, 5.41) is 3.04. The Balaban J connectivity index is 2.86. The molecule has 0 atom stereocenters. The van der Waals surface area contributed by atoms with Crippen molar-refractivity contribution in [2.75, 3.05) is 0 Å². The molecule has 3 heteroatoms. The third-order valence-corrected chi connectivity index (χ3v) is 1.10. The Labute approximate surface area is 52.6 Å². The zero-order chi connectivity index (χ0) is 6.69. The quantitative estimate of drug-likeness (QED) is 0.525. The Hall–Kier alpha value is -1.25. The molecule has 1 rings (SSSR count). The van der Waals surface area contributed by atoms with E-state index in [9.17, 15) is 4.79 Å². The van der Waals surface area contributed by atoms with Crippen LogP contribution in [0.1, 0.15) is 6.42 Å². The first-order chi connectivity index (χ1) is 4.34. The topological polar surface area (TPSA) is 53.3 Å². The van der Waals surface area contributed by atoms with Crippen molar-refractivity contribution in [1.82, 2.24) is 0 Å². The number of carbonyl (C=O) groups is 1. The molecule has 0 saturated carbocycles. The van der Waals surface area contributed by atoms with Crippen LogP contribution in [-0.4, -0.2) is 5.78 Å². The lowest BCUT2D eigenvalue weighted by Crippen LogP contribution is -2.00. The lowest BCUT2D eigenvalue weighted by molar-refractivity contribution is -0.115. The van der Waals surface area contributed by atoms with Gasteiger partial charge >= 0.3 is 0 Å². The maximum Gasteiger partial charge on any atom is 0.186 e. The van der Waals surface area contributed by atoms with Crippen LogP contribution < -0.4 is 0 Å². The van der Waals surface area contributed by atoms with E-state index in [-0.39, 0.29) is 11.5 Å². The number of Topliss-reactive ketones (excluding diaryl/α,β-unsaturated/α-hetero) is 1. The van der Waals surface area contributed by atoms with E-state index in [4.69, 9.17) is 5.53 Å². The molecule has 0 heterocycles. The Bertz CT molecular complexity index is 203. The maximum absolute atomic E-state index is 10.7. The highest BCUT2D eigenvalue weighted by Crippen LogP contribution is 2.07. The van der Waals surface area contributed by atoms with Gasteiger partial charge in [-0.25, -0.2) is 5.53 Å². The van der Waals surface area contributed by atoms with Crippen LogP contribution in [0.5, 0.6) is 0 Å². The molecule has 1 aliphatic rings. The van der Waals surface area contributed by atoms with Crippen LogP contribution in [-0.2, 0) is 4.79 Å². The number of hydrogen-bond acceptors (Lipinski definition) is 3. The Morgan fingerprint density at radius 3 is 2.89 bits per heavy atom. The summed E-state index contributed by atoms with van der Waals surface area (Å²) in [5.41, 5.74) is 6.78. The van der Waals surface area contributed by atoms with Crippen molar-refractivity contribution >= 4 is 5.78 Å². The average Bonchev–Trinajstić information content (AvgIpc) is 1.89. The van der Waals surface area contributed by atoms with E-state index < -0.39 is 0 Å². The van der Waals surface area contributed by atoms with E-state index in [0.29, 0.717) is 6.42 Å². The summed E-state index contributed by atoms with van der Waals surface area (Å²) in [6, 6.07) is 0. The third-order valence-electron chi connectivity index (χ3n) is 1.10. The van der Waals surface area contributed by atoms with Crippen LogP contribution in [0.2, 0.25) is 0 Å². The van der Waals surface area contributed by atoms with Gasteiger partial charge in [0.05, 0.1) is 0 Å². The molecule has 9 heavy (non-hydrogen) atoms. The van der Waals surface area contributed by atoms with Crippen LogP contribution in [0.25, 0.3) is 0 Å². The van der Waals surface area contributed by atoms with E-state index >= 15 is 0 Å². The number of ketones is 1. The fraction of sp³-hybridized carbons (Fsp3) is 0.167. The number of nitrogens with one attached hydrogen (secondary N) is 1. The van der Waals surface area contributed by atoms with Gasteiger partial charge in [0.25, 0.3) is 0 Å². The average molecular weight is 122 g/mol. The molecule has 0 radical (unpaired) electrons. The largest absolute Gasteiger partial charge is 0.292 e. The van der Waals surface area contributed by atoms with E-state index in [0.717, 1.165) is 0 Å². The Morgan fingerprint density at radius 1 is 1.67 bits per heavy atom. The molecule has 0 aromatic carbocycles. The van der Waals surface area contributed by atoms with Crippen LogP contribution in [0.15, 0.2) is 29.0 Å². The second-order valence-corrected chi connectivity index (χ2v) is 1.72. The van der Waals surface area contributed by atoms with E-state index in [1.165, 1.54) is 0 Å². The highest BCUT2D eigenvalue weighted by atomic mass is 16.1. The highest BCUT2D eigenvalue weighted by molar-refractivity contribution is 5.97. The standard InChI is InChI=1S/C6H6N2O/c7-8-5-3-1-2-4-6(5)9/h1-3,7H,4H2. The lowest BCUT2D eigenvalue weighted by Gasteiger charge is -1.97. The normalized spacial score (nSPS) is 17.3. The fourth-order valence-electron chi connectivity index (χ4n) is 0.631. The van der Waals surface area contributed by atoms with Crippen LogP contribution in [0.3, 0.4) is 0 Å². The minimum Gasteiger partial charge on any atom is -0.292 e. The molecule has 46 valence electrons. The van der Waals surface area contributed by atoms with Crippen molar-refractivity contribution in [2.45, 2.75) is 6.42 Å². The van der Waals surface area contributed by atoms with Crippen molar-refractivity contribution < 1.29 is 4.79 Å². The van der Waals surface area contributed by atoms with E-state index in [2.05, 4.69) is 5.11 Å². The summed E-state index contributed by atoms with van der Waals surface area (Å²) in [5.74, 6) is -0.0764. The number of rotatable bonds is 1. The molecule has 0 aromatic heterocycles. The summed E-state index contributed by atoms with van der Waals surface area (Å²) in [6.07, 6.45) is 5.40. The second kappa shape index (κ2) is 2.35. The molecule has 0 fully saturated rings. The molecule has 0 unspecified atom stereocenters. The van der Waals surface area contributed by atoms with Gasteiger partial charge in [0.1, 0.15) is 5.70 Å². The maximum atomic E-state index is 10.7. The smallest absolute Gasteiger partial charge is 0.186 e. The predicted octanol–water partition coefficient (Wildman–Crippen LogP) is 1.43. The van der Waals surface area contributed by atoms with Crippen molar-refractivity contribution in [3.05, 3.63) is 23.9 Å². The first-order valence-corrected chi connectivity index (χ1v) is 2.62. The monoisotopic (exact) mass is 122 g/mol. The van der Waals surface area contributed by atoms with Crippen LogP contribution in [0.4, 0.5) is 0 Å². The molecule has 1 N–H and O–H groups in total. The Morgan fingerprint density at radius 2 is 2.44 bits per heavy atom. The summed E-state index contributed by atoms with van der Waals surface area (Å²) >= 11 is 0. The lowest BCUT2D eigenvalue weighted by atomic mass is 10.1. The second-order valence-electron chi connectivity index (χ2n) is 1.72. The Kier molecular flexibility index (Phi) is 1.53. The van der Waals surface area contributed by atoms with E-state index in [1.807, 2.05) is 0 Å². The molecule has 1 aliphatic carbocycles. The molecule has 0 spiro atoms. The number of carbonyl (C=O) groups excluding carboxylic acids is 1. The number of hydrogen-bond donors (Lipinski definition) is 1. The number of allylic oxidation sites excluding steroid dienone is 4. The fourth-order valence-corrected chi connectivity index (χ4v) is 0.631. The summed E-state index contributed by atoms with van der Waals surface area (Å²) in [4.78, 5) is 10.7. The predicted molar refractivity (Wildman–Crippen MR) is 32.0 cm³/mol. The summed E-state index contributed by atoms with van der Waals surface area (Å²) in [6.45, 7) is 0. The van der Waals surface area contributed by atoms with Gasteiger partial charge in [-0.05, 0) is 6.08 Å². The minimum absolute atomic E-state index is 0.0764. The van der Waals surface area contributed by atoms with Crippen molar-refractivity contribution in [3.8, 4) is 0 Å². The molecular weight excluding hydrogens is 116 g/mol. The zero-order valence-electron chi connectivity index (χ0n) is 4.79. The van der Waals surface area contributed by atoms with Gasteiger partial charge in [-0.15, -0.1) is 0 Å². The van der Waals surface area contributed by atoms with Gasteiger partial charge in [0, 0.05) is 6.42 Å². The molecule has 3 nitrogen and oxygen atoms in total. The van der Waals surface area contributed by atoms with Gasteiger partial charge in [-0.2, -0.15) is 5.11 Å². The van der Waals surface area contributed by atoms with Crippen molar-refractivity contribution in [1.29, 1.82) is 5.53 Å². The molecule has 0 saturated heterocycles. The van der Waals surface area contributed by atoms with Gasteiger partial charge in [-0.3, -0.25) is 4.79 Å². The SMILES string of the molecule is N=NC1=CC=CCC1=O. The molecule has 0 bridgehead atoms. The number of nitrogens with zero attached hydrogens (tertiary/aromatic N) is 1. The molecule has 0 amide bonds. The van der Waals surface area contributed by atoms with Crippen LogP contribution in [0, 0.1) is 5.53 Å². The molecular formula is C6H6N2O. The third kappa shape index (κ3) is 1.10. The first kappa shape index (κ1) is 5.88. The van der Waals surface area contributed by atoms with Crippen LogP contribution >= 0.6 is 0 Å². The molecule has 0 aromatic rings. The van der Waals surface area contributed by atoms with E-state index in [1.54, 1.807) is 18.2 Å². The van der Waals surface area contributed by atoms with Gasteiger partial charge in [0.15, 0.2) is 5.78 Å².